The second-order valence-electron chi connectivity index (χ2n) is 4.35. The van der Waals surface area contributed by atoms with Crippen molar-refractivity contribution in [2.75, 3.05) is 30.3 Å². The van der Waals surface area contributed by atoms with Gasteiger partial charge in [-0.3, -0.25) is 0 Å². The molecule has 1 saturated heterocycles. The van der Waals surface area contributed by atoms with Crippen LogP contribution < -0.4 is 10.6 Å². The van der Waals surface area contributed by atoms with Crippen molar-refractivity contribution in [1.29, 1.82) is 0 Å². The standard InChI is InChI=1S/C12H15N3O2/c1-8-7-15(4-5-16-8)12-14-10-3-2-9(13)6-11(10)17-12/h2-3,6,8H,4-5,7,13H2,1H3. The van der Waals surface area contributed by atoms with E-state index in [2.05, 4.69) is 9.88 Å². The highest BCUT2D eigenvalue weighted by molar-refractivity contribution is 5.78. The molecule has 1 aromatic heterocycles. The van der Waals surface area contributed by atoms with Crippen LogP contribution in [0.5, 0.6) is 0 Å². The zero-order chi connectivity index (χ0) is 11.8. The molecule has 0 spiro atoms. The van der Waals surface area contributed by atoms with Crippen molar-refractivity contribution in [3.8, 4) is 0 Å². The zero-order valence-electron chi connectivity index (χ0n) is 9.72. The molecule has 1 aliphatic rings. The van der Waals surface area contributed by atoms with Crippen LogP contribution in [0.3, 0.4) is 0 Å². The fourth-order valence-electron chi connectivity index (χ4n) is 2.06. The Hall–Kier alpha value is -1.75. The molecule has 3 rings (SSSR count). The van der Waals surface area contributed by atoms with E-state index < -0.39 is 0 Å². The highest BCUT2D eigenvalue weighted by Gasteiger charge is 2.21. The molecule has 1 aliphatic heterocycles. The Morgan fingerprint density at radius 1 is 1.47 bits per heavy atom. The van der Waals surface area contributed by atoms with Gasteiger partial charge in [0.25, 0.3) is 6.01 Å². The van der Waals surface area contributed by atoms with E-state index in [0.717, 1.165) is 24.2 Å². The maximum Gasteiger partial charge on any atom is 0.298 e. The topological polar surface area (TPSA) is 64.5 Å². The van der Waals surface area contributed by atoms with Crippen LogP contribution in [0.4, 0.5) is 11.7 Å². The maximum atomic E-state index is 5.72. The third-order valence-corrected chi connectivity index (χ3v) is 2.91. The van der Waals surface area contributed by atoms with E-state index in [4.69, 9.17) is 14.9 Å². The van der Waals surface area contributed by atoms with E-state index in [1.807, 2.05) is 19.1 Å². The number of hydrogen-bond acceptors (Lipinski definition) is 5. The first-order chi connectivity index (χ1) is 8.22. The van der Waals surface area contributed by atoms with Crippen molar-refractivity contribution in [2.45, 2.75) is 13.0 Å². The molecular weight excluding hydrogens is 218 g/mol. The van der Waals surface area contributed by atoms with E-state index in [0.29, 0.717) is 18.3 Å². The van der Waals surface area contributed by atoms with Gasteiger partial charge in [0.15, 0.2) is 5.58 Å². The Bertz CT molecular complexity index is 538. The number of ether oxygens (including phenoxy) is 1. The summed E-state index contributed by atoms with van der Waals surface area (Å²) in [5.41, 5.74) is 7.98. The summed E-state index contributed by atoms with van der Waals surface area (Å²) < 4.78 is 11.2. The molecule has 5 heteroatoms. The summed E-state index contributed by atoms with van der Waals surface area (Å²) in [5.74, 6) is 0. The second kappa shape index (κ2) is 3.92. The van der Waals surface area contributed by atoms with Gasteiger partial charge in [-0.15, -0.1) is 0 Å². The fourth-order valence-corrected chi connectivity index (χ4v) is 2.06. The van der Waals surface area contributed by atoms with Crippen LogP contribution in [0.2, 0.25) is 0 Å². The third kappa shape index (κ3) is 1.93. The fraction of sp³-hybridized carbons (Fsp3) is 0.417. The summed E-state index contributed by atoms with van der Waals surface area (Å²) in [6.07, 6.45) is 0.212. The molecule has 0 saturated carbocycles. The highest BCUT2D eigenvalue weighted by atomic mass is 16.5. The predicted octanol–water partition coefficient (Wildman–Crippen LogP) is 1.64. The van der Waals surface area contributed by atoms with Crippen molar-refractivity contribution in [2.24, 2.45) is 0 Å². The molecule has 1 unspecified atom stereocenters. The molecule has 0 aliphatic carbocycles. The van der Waals surface area contributed by atoms with Crippen LogP contribution in [0.1, 0.15) is 6.92 Å². The number of oxazole rings is 1. The summed E-state index contributed by atoms with van der Waals surface area (Å²) in [7, 11) is 0. The van der Waals surface area contributed by atoms with Gasteiger partial charge in [0.2, 0.25) is 0 Å². The van der Waals surface area contributed by atoms with Gasteiger partial charge >= 0.3 is 0 Å². The number of benzene rings is 1. The van der Waals surface area contributed by atoms with Crippen molar-refractivity contribution in [3.63, 3.8) is 0 Å². The Morgan fingerprint density at radius 2 is 2.35 bits per heavy atom. The van der Waals surface area contributed by atoms with Crippen LogP contribution in [0.15, 0.2) is 22.6 Å². The molecular formula is C12H15N3O2. The molecule has 0 bridgehead atoms. The van der Waals surface area contributed by atoms with Crippen LogP contribution in [0, 0.1) is 0 Å². The highest BCUT2D eigenvalue weighted by Crippen LogP contribution is 2.24. The summed E-state index contributed by atoms with van der Waals surface area (Å²) in [6.45, 7) is 4.38. The van der Waals surface area contributed by atoms with Crippen molar-refractivity contribution in [3.05, 3.63) is 18.2 Å². The Morgan fingerprint density at radius 3 is 3.18 bits per heavy atom. The largest absolute Gasteiger partial charge is 0.423 e. The Balaban J connectivity index is 1.94. The van der Waals surface area contributed by atoms with Gasteiger partial charge in [-0.25, -0.2) is 0 Å². The third-order valence-electron chi connectivity index (χ3n) is 2.91. The lowest BCUT2D eigenvalue weighted by atomic mass is 10.3. The molecule has 1 atom stereocenters. The minimum Gasteiger partial charge on any atom is -0.423 e. The zero-order valence-corrected chi connectivity index (χ0v) is 9.72. The van der Waals surface area contributed by atoms with Crippen molar-refractivity contribution in [1.82, 2.24) is 4.98 Å². The van der Waals surface area contributed by atoms with Gasteiger partial charge in [-0.2, -0.15) is 4.98 Å². The quantitative estimate of drug-likeness (QED) is 0.758. The molecule has 0 radical (unpaired) electrons. The second-order valence-corrected chi connectivity index (χ2v) is 4.35. The summed E-state index contributed by atoms with van der Waals surface area (Å²) >= 11 is 0. The first kappa shape index (κ1) is 10.4. The normalized spacial score (nSPS) is 21.0. The summed E-state index contributed by atoms with van der Waals surface area (Å²) in [5, 5.41) is 0. The lowest BCUT2D eigenvalue weighted by Crippen LogP contribution is -2.41. The Labute approximate surface area is 99.2 Å². The maximum absolute atomic E-state index is 5.72. The summed E-state index contributed by atoms with van der Waals surface area (Å²) in [6, 6.07) is 6.16. The van der Waals surface area contributed by atoms with Gasteiger partial charge in [-0.05, 0) is 19.1 Å². The van der Waals surface area contributed by atoms with Gasteiger partial charge in [-0.1, -0.05) is 0 Å². The first-order valence-corrected chi connectivity index (χ1v) is 5.75. The predicted molar refractivity (Wildman–Crippen MR) is 66.0 cm³/mol. The van der Waals surface area contributed by atoms with E-state index in [9.17, 15) is 0 Å². The molecule has 1 aromatic carbocycles. The SMILES string of the molecule is CC1CN(c2nc3ccc(N)cc3o2)CCO1. The minimum absolute atomic E-state index is 0.212. The number of rotatable bonds is 1. The molecule has 90 valence electrons. The molecule has 0 amide bonds. The number of hydrogen-bond donors (Lipinski definition) is 1. The molecule has 2 aromatic rings. The molecule has 2 N–H and O–H groups in total. The molecule has 2 heterocycles. The van der Waals surface area contributed by atoms with Crippen molar-refractivity contribution < 1.29 is 9.15 Å². The monoisotopic (exact) mass is 233 g/mol. The average Bonchev–Trinajstić information content (AvgIpc) is 2.72. The number of aromatic nitrogens is 1. The molecule has 1 fully saturated rings. The lowest BCUT2D eigenvalue weighted by Gasteiger charge is -2.29. The van der Waals surface area contributed by atoms with Crippen LogP contribution in [0.25, 0.3) is 11.1 Å². The van der Waals surface area contributed by atoms with Gasteiger partial charge < -0.3 is 19.8 Å². The van der Waals surface area contributed by atoms with Gasteiger partial charge in [0.05, 0.1) is 12.7 Å². The van der Waals surface area contributed by atoms with Crippen LogP contribution >= 0.6 is 0 Å². The lowest BCUT2D eigenvalue weighted by molar-refractivity contribution is 0.0515. The Kier molecular flexibility index (Phi) is 2.40. The van der Waals surface area contributed by atoms with Crippen molar-refractivity contribution >= 4 is 22.8 Å². The van der Waals surface area contributed by atoms with E-state index in [1.54, 1.807) is 6.07 Å². The smallest absolute Gasteiger partial charge is 0.298 e. The number of nitrogen functional groups attached to an aromatic ring is 1. The average molecular weight is 233 g/mol. The van der Waals surface area contributed by atoms with Gasteiger partial charge in [0, 0.05) is 24.8 Å². The number of anilines is 2. The number of nitrogens with zero attached hydrogens (tertiary/aromatic N) is 2. The molecule has 5 nitrogen and oxygen atoms in total. The first-order valence-electron chi connectivity index (χ1n) is 5.75. The van der Waals surface area contributed by atoms with E-state index in [-0.39, 0.29) is 6.10 Å². The number of morpholine rings is 1. The molecule has 17 heavy (non-hydrogen) atoms. The van der Waals surface area contributed by atoms with Gasteiger partial charge in [0.1, 0.15) is 5.52 Å². The number of fused-ring (bicyclic) bond motifs is 1. The summed E-state index contributed by atoms with van der Waals surface area (Å²) in [4.78, 5) is 6.56. The number of nitrogens with two attached hydrogens (primary N) is 1. The van der Waals surface area contributed by atoms with E-state index >= 15 is 0 Å². The minimum atomic E-state index is 0.212. The van der Waals surface area contributed by atoms with Crippen LogP contribution in [-0.4, -0.2) is 30.8 Å². The van der Waals surface area contributed by atoms with Crippen LogP contribution in [-0.2, 0) is 4.74 Å². The van der Waals surface area contributed by atoms with E-state index in [1.165, 1.54) is 0 Å².